The number of hydrogen-bond donors (Lipinski definition) is 3. The molecule has 1 heterocycles. The van der Waals surface area contributed by atoms with E-state index >= 15 is 0 Å². The van der Waals surface area contributed by atoms with Crippen LogP contribution in [0.4, 0.5) is 5.69 Å². The Morgan fingerprint density at radius 3 is 2.41 bits per heavy atom. The predicted octanol–water partition coefficient (Wildman–Crippen LogP) is 5.24. The van der Waals surface area contributed by atoms with Crippen molar-refractivity contribution in [3.63, 3.8) is 0 Å². The van der Waals surface area contributed by atoms with E-state index in [4.69, 9.17) is 4.99 Å². The highest BCUT2D eigenvalue weighted by atomic mass is 16.3. The zero-order valence-electron chi connectivity index (χ0n) is 19.8. The maximum Gasteiger partial charge on any atom is 0.251 e. The molecule has 0 radical (unpaired) electrons. The molecule has 6 nitrogen and oxygen atoms in total. The van der Waals surface area contributed by atoms with Crippen molar-refractivity contribution in [1.82, 2.24) is 15.2 Å². The molecule has 0 spiro atoms. The summed E-state index contributed by atoms with van der Waals surface area (Å²) in [7, 11) is 4.08. The van der Waals surface area contributed by atoms with Gasteiger partial charge in [-0.1, -0.05) is 55.5 Å². The van der Waals surface area contributed by atoms with Crippen LogP contribution in [0.1, 0.15) is 40.4 Å². The first-order chi connectivity index (χ1) is 16.5. The third-order valence-electron chi connectivity index (χ3n) is 5.54. The molecule has 6 heteroatoms. The van der Waals surface area contributed by atoms with Crippen LogP contribution in [0.5, 0.6) is 5.88 Å². The van der Waals surface area contributed by atoms with Crippen molar-refractivity contribution < 1.29 is 9.90 Å². The zero-order chi connectivity index (χ0) is 24.1. The van der Waals surface area contributed by atoms with Crippen LogP contribution >= 0.6 is 0 Å². The number of aromatic nitrogens is 1. The van der Waals surface area contributed by atoms with Gasteiger partial charge in [0.05, 0.1) is 17.0 Å². The number of rotatable bonds is 8. The largest absolute Gasteiger partial charge is 0.494 e. The van der Waals surface area contributed by atoms with Crippen LogP contribution < -0.4 is 5.32 Å². The van der Waals surface area contributed by atoms with Gasteiger partial charge in [0.25, 0.3) is 5.91 Å². The van der Waals surface area contributed by atoms with E-state index < -0.39 is 0 Å². The number of carbonyl (C=O) groups excluding carboxylic acids is 1. The lowest BCUT2D eigenvalue weighted by Gasteiger charge is -2.10. The number of fused-ring (bicyclic) bond motifs is 1. The van der Waals surface area contributed by atoms with Gasteiger partial charge in [0.15, 0.2) is 5.88 Å². The van der Waals surface area contributed by atoms with Gasteiger partial charge in [-0.3, -0.25) is 4.79 Å². The summed E-state index contributed by atoms with van der Waals surface area (Å²) >= 11 is 0. The standard InChI is InChI=1S/C28H30N4O2/c1-4-16-29-27(33)21-12-15-23-24(17-21)31-28(34)25(23)26(20-8-6-5-7-9-20)30-22-13-10-19(11-14-22)18-32(2)3/h5-15,17,31,34H,4,16,18H2,1-3H3,(H,29,33). The second kappa shape index (κ2) is 10.4. The smallest absolute Gasteiger partial charge is 0.251 e. The Hall–Kier alpha value is -3.90. The van der Waals surface area contributed by atoms with Gasteiger partial charge in [0.1, 0.15) is 0 Å². The van der Waals surface area contributed by atoms with Crippen molar-refractivity contribution >= 4 is 28.2 Å². The summed E-state index contributed by atoms with van der Waals surface area (Å²) in [5.41, 5.74) is 5.39. The predicted molar refractivity (Wildman–Crippen MR) is 138 cm³/mol. The minimum atomic E-state index is -0.130. The molecule has 0 fully saturated rings. The fourth-order valence-electron chi connectivity index (χ4n) is 3.94. The third kappa shape index (κ3) is 5.18. The Morgan fingerprint density at radius 1 is 1.00 bits per heavy atom. The third-order valence-corrected chi connectivity index (χ3v) is 5.54. The molecular weight excluding hydrogens is 424 g/mol. The Bertz CT molecular complexity index is 1310. The van der Waals surface area contributed by atoms with Gasteiger partial charge in [0, 0.05) is 35.1 Å². The molecule has 0 atom stereocenters. The number of aromatic hydroxyl groups is 1. The molecular formula is C28H30N4O2. The summed E-state index contributed by atoms with van der Waals surface area (Å²) in [6.07, 6.45) is 0.869. The average molecular weight is 455 g/mol. The summed E-state index contributed by atoms with van der Waals surface area (Å²) in [5, 5.41) is 14.6. The Labute approximate surface area is 200 Å². The van der Waals surface area contributed by atoms with Gasteiger partial charge in [-0.05, 0) is 50.3 Å². The number of nitrogens with one attached hydrogen (secondary N) is 2. The number of aliphatic imine (C=N–C) groups is 1. The molecule has 1 amide bonds. The summed E-state index contributed by atoms with van der Waals surface area (Å²) in [6, 6.07) is 23.3. The van der Waals surface area contributed by atoms with E-state index in [-0.39, 0.29) is 11.8 Å². The van der Waals surface area contributed by atoms with Gasteiger partial charge >= 0.3 is 0 Å². The van der Waals surface area contributed by atoms with Gasteiger partial charge in [-0.15, -0.1) is 0 Å². The van der Waals surface area contributed by atoms with Crippen molar-refractivity contribution in [2.45, 2.75) is 19.9 Å². The van der Waals surface area contributed by atoms with Crippen LogP contribution in [0.2, 0.25) is 0 Å². The van der Waals surface area contributed by atoms with Crippen molar-refractivity contribution in [3.05, 3.63) is 95.1 Å². The van der Waals surface area contributed by atoms with Crippen LogP contribution in [0.3, 0.4) is 0 Å². The zero-order valence-corrected chi connectivity index (χ0v) is 19.8. The highest BCUT2D eigenvalue weighted by Gasteiger charge is 2.19. The normalized spacial score (nSPS) is 11.8. The van der Waals surface area contributed by atoms with Crippen molar-refractivity contribution in [2.24, 2.45) is 4.99 Å². The Balaban J connectivity index is 1.79. The van der Waals surface area contributed by atoms with E-state index in [9.17, 15) is 9.90 Å². The molecule has 34 heavy (non-hydrogen) atoms. The number of benzene rings is 3. The van der Waals surface area contributed by atoms with Crippen LogP contribution in [-0.2, 0) is 6.54 Å². The summed E-state index contributed by atoms with van der Waals surface area (Å²) in [6.45, 7) is 3.49. The fraction of sp³-hybridized carbons (Fsp3) is 0.214. The van der Waals surface area contributed by atoms with Gasteiger partial charge in [-0.2, -0.15) is 0 Å². The minimum absolute atomic E-state index is 0.0212. The molecule has 0 saturated carbocycles. The quantitative estimate of drug-likeness (QED) is 0.318. The second-order valence-electron chi connectivity index (χ2n) is 8.60. The summed E-state index contributed by atoms with van der Waals surface area (Å²) < 4.78 is 0. The molecule has 0 aliphatic rings. The Morgan fingerprint density at radius 2 is 1.74 bits per heavy atom. The van der Waals surface area contributed by atoms with E-state index in [2.05, 4.69) is 27.3 Å². The molecule has 0 saturated heterocycles. The highest BCUT2D eigenvalue weighted by molar-refractivity contribution is 6.22. The molecule has 174 valence electrons. The number of amides is 1. The maximum atomic E-state index is 12.4. The molecule has 1 aromatic heterocycles. The molecule has 4 aromatic rings. The van der Waals surface area contributed by atoms with E-state index in [1.807, 2.05) is 69.6 Å². The van der Waals surface area contributed by atoms with Crippen molar-refractivity contribution in [3.8, 4) is 5.88 Å². The van der Waals surface area contributed by atoms with E-state index in [1.165, 1.54) is 5.56 Å². The van der Waals surface area contributed by atoms with E-state index in [0.717, 1.165) is 29.6 Å². The molecule has 3 aromatic carbocycles. The van der Waals surface area contributed by atoms with Crippen LogP contribution in [-0.4, -0.2) is 47.2 Å². The lowest BCUT2D eigenvalue weighted by molar-refractivity contribution is 0.0953. The van der Waals surface area contributed by atoms with Crippen LogP contribution in [0, 0.1) is 0 Å². The molecule has 0 aliphatic heterocycles. The van der Waals surface area contributed by atoms with Crippen molar-refractivity contribution in [1.29, 1.82) is 0 Å². The summed E-state index contributed by atoms with van der Waals surface area (Å²) in [5.74, 6) is -0.109. The van der Waals surface area contributed by atoms with E-state index in [1.54, 1.807) is 12.1 Å². The van der Waals surface area contributed by atoms with E-state index in [0.29, 0.717) is 28.9 Å². The van der Waals surface area contributed by atoms with Gasteiger partial charge in [0.2, 0.25) is 0 Å². The number of carbonyl (C=O) groups is 1. The number of aromatic amines is 1. The fourth-order valence-corrected chi connectivity index (χ4v) is 3.94. The molecule has 0 aliphatic carbocycles. The molecule has 0 bridgehead atoms. The van der Waals surface area contributed by atoms with Gasteiger partial charge < -0.3 is 20.3 Å². The lowest BCUT2D eigenvalue weighted by atomic mass is 10.00. The van der Waals surface area contributed by atoms with Crippen LogP contribution in [0.15, 0.2) is 77.8 Å². The number of hydrogen-bond acceptors (Lipinski definition) is 4. The molecule has 4 rings (SSSR count). The topological polar surface area (TPSA) is 80.7 Å². The van der Waals surface area contributed by atoms with Crippen molar-refractivity contribution in [2.75, 3.05) is 20.6 Å². The second-order valence-corrected chi connectivity index (χ2v) is 8.60. The molecule has 3 N–H and O–H groups in total. The summed E-state index contributed by atoms with van der Waals surface area (Å²) in [4.78, 5) is 22.5. The number of H-pyrrole nitrogens is 1. The van der Waals surface area contributed by atoms with Crippen LogP contribution in [0.25, 0.3) is 10.9 Å². The Kier molecular flexibility index (Phi) is 7.09. The van der Waals surface area contributed by atoms with Gasteiger partial charge in [-0.25, -0.2) is 4.99 Å². The SMILES string of the molecule is CCCNC(=O)c1ccc2c(C(=Nc3ccc(CN(C)C)cc3)c3ccccc3)c(O)[nH]c2c1. The lowest BCUT2D eigenvalue weighted by Crippen LogP contribution is -2.23. The maximum absolute atomic E-state index is 12.4. The monoisotopic (exact) mass is 454 g/mol. The first-order valence-electron chi connectivity index (χ1n) is 11.5. The highest BCUT2D eigenvalue weighted by Crippen LogP contribution is 2.32. The molecule has 0 unspecified atom stereocenters. The first-order valence-corrected chi connectivity index (χ1v) is 11.5. The first kappa shape index (κ1) is 23.3. The number of nitrogens with zero attached hydrogens (tertiary/aromatic N) is 2. The minimum Gasteiger partial charge on any atom is -0.494 e. The average Bonchev–Trinajstić information content (AvgIpc) is 3.17.